The highest BCUT2D eigenvalue weighted by Crippen LogP contribution is 2.35. The van der Waals surface area contributed by atoms with Crippen LogP contribution in [-0.2, 0) is 24.2 Å². The Morgan fingerprint density at radius 2 is 2.04 bits per heavy atom. The fourth-order valence-corrected chi connectivity index (χ4v) is 5.17. The molecule has 0 saturated heterocycles. The molecule has 5 nitrogen and oxygen atoms in total. The first kappa shape index (κ1) is 17.9. The zero-order chi connectivity index (χ0) is 19.1. The molecule has 27 heavy (non-hydrogen) atoms. The lowest BCUT2D eigenvalue weighted by atomic mass is 9.89. The molecule has 1 aliphatic carbocycles. The Labute approximate surface area is 161 Å². The number of aromatic amines is 1. The van der Waals surface area contributed by atoms with Gasteiger partial charge in [0.2, 0.25) is 0 Å². The van der Waals surface area contributed by atoms with Gasteiger partial charge < -0.3 is 9.72 Å². The number of H-pyrrole nitrogens is 1. The number of carbonyl (C=O) groups is 1. The summed E-state index contributed by atoms with van der Waals surface area (Å²) < 4.78 is 5.38. The van der Waals surface area contributed by atoms with E-state index in [4.69, 9.17) is 4.74 Å². The van der Waals surface area contributed by atoms with Crippen LogP contribution in [0.15, 0.2) is 23.0 Å². The smallest absolute Gasteiger partial charge is 0.338 e. The van der Waals surface area contributed by atoms with E-state index in [-0.39, 0.29) is 12.2 Å². The molecule has 140 valence electrons. The highest BCUT2D eigenvalue weighted by atomic mass is 32.1. The van der Waals surface area contributed by atoms with E-state index in [0.29, 0.717) is 22.7 Å². The van der Waals surface area contributed by atoms with E-state index in [1.807, 2.05) is 19.9 Å². The Balaban J connectivity index is 1.58. The molecule has 1 atom stereocenters. The molecule has 0 fully saturated rings. The van der Waals surface area contributed by atoms with Crippen molar-refractivity contribution in [3.63, 3.8) is 0 Å². The van der Waals surface area contributed by atoms with Gasteiger partial charge in [-0.25, -0.2) is 9.78 Å². The van der Waals surface area contributed by atoms with Gasteiger partial charge in [-0.1, -0.05) is 24.1 Å². The monoisotopic (exact) mass is 382 g/mol. The molecule has 6 heteroatoms. The number of hydrogen-bond acceptors (Lipinski definition) is 5. The molecule has 2 aromatic heterocycles. The number of rotatable bonds is 3. The molecule has 4 rings (SSSR count). The molecule has 0 radical (unpaired) electrons. The van der Waals surface area contributed by atoms with Crippen molar-refractivity contribution >= 4 is 27.5 Å². The van der Waals surface area contributed by atoms with Crippen LogP contribution in [0, 0.1) is 19.8 Å². The van der Waals surface area contributed by atoms with Gasteiger partial charge in [-0.2, -0.15) is 0 Å². The van der Waals surface area contributed by atoms with E-state index < -0.39 is 5.97 Å². The van der Waals surface area contributed by atoms with Gasteiger partial charge in [-0.05, 0) is 56.7 Å². The van der Waals surface area contributed by atoms with Gasteiger partial charge in [0.05, 0.1) is 10.9 Å². The quantitative estimate of drug-likeness (QED) is 0.693. The normalized spacial score (nSPS) is 16.3. The van der Waals surface area contributed by atoms with Crippen molar-refractivity contribution < 1.29 is 9.53 Å². The van der Waals surface area contributed by atoms with Crippen LogP contribution in [0.25, 0.3) is 10.2 Å². The molecule has 0 aliphatic heterocycles. The number of hydrogen-bond donors (Lipinski definition) is 1. The fourth-order valence-electron chi connectivity index (χ4n) is 3.77. The minimum absolute atomic E-state index is 0.0457. The molecule has 2 heterocycles. The number of benzene rings is 1. The maximum Gasteiger partial charge on any atom is 0.338 e. The average Bonchev–Trinajstić information content (AvgIpc) is 2.96. The third-order valence-electron chi connectivity index (χ3n) is 5.01. The number of nitrogens with zero attached hydrogens (tertiary/aromatic N) is 1. The van der Waals surface area contributed by atoms with Gasteiger partial charge in [0, 0.05) is 4.88 Å². The van der Waals surface area contributed by atoms with E-state index in [1.165, 1.54) is 4.88 Å². The summed E-state index contributed by atoms with van der Waals surface area (Å²) in [5.74, 6) is 0.614. The van der Waals surface area contributed by atoms with Crippen molar-refractivity contribution in [1.82, 2.24) is 9.97 Å². The van der Waals surface area contributed by atoms with E-state index in [9.17, 15) is 9.59 Å². The number of fused-ring (bicyclic) bond motifs is 3. The number of thiophene rings is 1. The van der Waals surface area contributed by atoms with E-state index >= 15 is 0 Å². The van der Waals surface area contributed by atoms with Gasteiger partial charge in [0.1, 0.15) is 17.3 Å². The number of nitrogens with one attached hydrogen (secondary N) is 1. The van der Waals surface area contributed by atoms with Crippen LogP contribution in [-0.4, -0.2) is 15.9 Å². The first-order valence-corrected chi connectivity index (χ1v) is 10.0. The van der Waals surface area contributed by atoms with Crippen LogP contribution in [0.2, 0.25) is 0 Å². The predicted molar refractivity (Wildman–Crippen MR) is 106 cm³/mol. The van der Waals surface area contributed by atoms with Crippen LogP contribution in [0.1, 0.15) is 51.1 Å². The van der Waals surface area contributed by atoms with Crippen LogP contribution in [0.3, 0.4) is 0 Å². The standard InChI is InChI=1S/C21H22N2O3S/c1-11-4-5-15-16(9-11)27-20-18(15)19(24)22-17(23-20)10-26-21(25)14-7-12(2)6-13(3)8-14/h6-8,11H,4-5,9-10H2,1-3H3,(H,22,23,24)/t11-/m0/s1. The highest BCUT2D eigenvalue weighted by molar-refractivity contribution is 7.18. The molecular formula is C21H22N2O3S. The van der Waals surface area contributed by atoms with Crippen LogP contribution in [0.5, 0.6) is 0 Å². The second kappa shape index (κ2) is 6.93. The average molecular weight is 382 g/mol. The summed E-state index contributed by atoms with van der Waals surface area (Å²) in [6.45, 7) is 6.07. The zero-order valence-corrected chi connectivity index (χ0v) is 16.5. The van der Waals surface area contributed by atoms with Crippen molar-refractivity contribution in [2.45, 2.75) is 46.6 Å². The van der Waals surface area contributed by atoms with Gasteiger partial charge >= 0.3 is 5.97 Å². The molecule has 3 aromatic rings. The molecule has 0 bridgehead atoms. The molecule has 0 spiro atoms. The molecule has 1 aromatic carbocycles. The summed E-state index contributed by atoms with van der Waals surface area (Å²) in [6.07, 6.45) is 3.04. The van der Waals surface area contributed by atoms with E-state index in [2.05, 4.69) is 16.9 Å². The summed E-state index contributed by atoms with van der Waals surface area (Å²) >= 11 is 1.59. The predicted octanol–water partition coefficient (Wildman–Crippen LogP) is 4.08. The van der Waals surface area contributed by atoms with Gasteiger partial charge in [-0.3, -0.25) is 4.79 Å². The van der Waals surface area contributed by atoms with E-state index in [1.54, 1.807) is 23.5 Å². The molecule has 1 aliphatic rings. The van der Waals surface area contributed by atoms with Crippen LogP contribution in [0.4, 0.5) is 0 Å². The minimum atomic E-state index is -0.413. The number of aryl methyl sites for hydroxylation is 3. The zero-order valence-electron chi connectivity index (χ0n) is 15.7. The molecule has 0 amide bonds. The lowest BCUT2D eigenvalue weighted by Crippen LogP contribution is -2.16. The van der Waals surface area contributed by atoms with Crippen molar-refractivity contribution in [3.05, 3.63) is 61.5 Å². The summed E-state index contributed by atoms with van der Waals surface area (Å²) in [5.41, 5.74) is 3.54. The number of esters is 1. The maximum absolute atomic E-state index is 12.6. The van der Waals surface area contributed by atoms with Crippen LogP contribution >= 0.6 is 11.3 Å². The van der Waals surface area contributed by atoms with Gasteiger partial charge in [0.15, 0.2) is 0 Å². The minimum Gasteiger partial charge on any atom is -0.454 e. The van der Waals surface area contributed by atoms with Crippen LogP contribution < -0.4 is 5.56 Å². The molecule has 1 N–H and O–H groups in total. The highest BCUT2D eigenvalue weighted by Gasteiger charge is 2.23. The Morgan fingerprint density at radius 3 is 2.78 bits per heavy atom. The van der Waals surface area contributed by atoms with Crippen molar-refractivity contribution in [2.24, 2.45) is 5.92 Å². The van der Waals surface area contributed by atoms with E-state index in [0.717, 1.165) is 40.8 Å². The molecule has 0 saturated carbocycles. The molecule has 0 unspecified atom stereocenters. The number of aromatic nitrogens is 2. The number of ether oxygens (including phenoxy) is 1. The fraction of sp³-hybridized carbons (Fsp3) is 0.381. The Morgan fingerprint density at radius 1 is 1.30 bits per heavy atom. The van der Waals surface area contributed by atoms with Gasteiger partial charge in [-0.15, -0.1) is 11.3 Å². The maximum atomic E-state index is 12.6. The molecular weight excluding hydrogens is 360 g/mol. The van der Waals surface area contributed by atoms with Crippen molar-refractivity contribution in [1.29, 1.82) is 0 Å². The lowest BCUT2D eigenvalue weighted by molar-refractivity contribution is 0.0462. The summed E-state index contributed by atoms with van der Waals surface area (Å²) in [7, 11) is 0. The van der Waals surface area contributed by atoms with Crippen molar-refractivity contribution in [2.75, 3.05) is 0 Å². The second-order valence-electron chi connectivity index (χ2n) is 7.50. The first-order valence-electron chi connectivity index (χ1n) is 9.19. The summed E-state index contributed by atoms with van der Waals surface area (Å²) in [4.78, 5) is 34.3. The number of carbonyl (C=O) groups excluding carboxylic acids is 1. The largest absolute Gasteiger partial charge is 0.454 e. The summed E-state index contributed by atoms with van der Waals surface area (Å²) in [5, 5.41) is 0.714. The Hall–Kier alpha value is -2.47. The third kappa shape index (κ3) is 3.54. The van der Waals surface area contributed by atoms with Gasteiger partial charge in [0.25, 0.3) is 5.56 Å². The SMILES string of the molecule is Cc1cc(C)cc(C(=O)OCc2nc3sc4c(c3c(=O)[nH]2)CC[C@H](C)C4)c1. The first-order chi connectivity index (χ1) is 12.9. The Bertz CT molecular complexity index is 1080. The van der Waals surface area contributed by atoms with Crippen molar-refractivity contribution in [3.8, 4) is 0 Å². The Kier molecular flexibility index (Phi) is 4.60. The third-order valence-corrected chi connectivity index (χ3v) is 6.16. The second-order valence-corrected chi connectivity index (χ2v) is 8.58. The topological polar surface area (TPSA) is 72.0 Å². The summed E-state index contributed by atoms with van der Waals surface area (Å²) in [6, 6.07) is 5.59. The lowest BCUT2D eigenvalue weighted by Gasteiger charge is -2.17.